The maximum absolute atomic E-state index is 12.2. The number of halogens is 1. The highest BCUT2D eigenvalue weighted by molar-refractivity contribution is 6.32. The van der Waals surface area contributed by atoms with Crippen LogP contribution in [0.15, 0.2) is 66.7 Å². The lowest BCUT2D eigenvalue weighted by atomic mass is 10.0. The van der Waals surface area contributed by atoms with E-state index in [1.807, 2.05) is 42.5 Å². The number of rotatable bonds is 5. The first-order valence-corrected chi connectivity index (χ1v) is 8.89. The average molecular weight is 383 g/mol. The second-order valence-corrected chi connectivity index (χ2v) is 6.45. The lowest BCUT2D eigenvalue weighted by molar-refractivity contribution is -0.132. The summed E-state index contributed by atoms with van der Waals surface area (Å²) >= 11 is 6.01. The summed E-state index contributed by atoms with van der Waals surface area (Å²) in [5.74, 6) is -0.380. The van der Waals surface area contributed by atoms with Gasteiger partial charge >= 0.3 is 0 Å². The molecule has 3 rings (SSSR count). The fraction of sp³-hybridized carbons (Fsp3) is 0.143. The van der Waals surface area contributed by atoms with E-state index in [-0.39, 0.29) is 12.3 Å². The summed E-state index contributed by atoms with van der Waals surface area (Å²) in [6, 6.07) is 20.5. The van der Waals surface area contributed by atoms with Gasteiger partial charge in [0.15, 0.2) is 6.10 Å². The topological polar surface area (TPSA) is 67.4 Å². The van der Waals surface area contributed by atoms with E-state index < -0.39 is 12.0 Å². The molecule has 5 nitrogen and oxygen atoms in total. The van der Waals surface area contributed by atoms with Gasteiger partial charge in [0, 0.05) is 0 Å². The number of nitrogens with one attached hydrogen (secondary N) is 2. The molecule has 0 radical (unpaired) electrons. The van der Waals surface area contributed by atoms with E-state index >= 15 is 0 Å². The Bertz CT molecular complexity index is 969. The van der Waals surface area contributed by atoms with Crippen molar-refractivity contribution in [3.63, 3.8) is 0 Å². The van der Waals surface area contributed by atoms with Crippen molar-refractivity contribution in [1.82, 2.24) is 10.9 Å². The Morgan fingerprint density at radius 3 is 2.48 bits per heavy atom. The Morgan fingerprint density at radius 2 is 1.67 bits per heavy atom. The summed E-state index contributed by atoms with van der Waals surface area (Å²) in [6.07, 6.45) is -0.663. The van der Waals surface area contributed by atoms with Crippen molar-refractivity contribution >= 4 is 34.2 Å². The van der Waals surface area contributed by atoms with E-state index in [0.717, 1.165) is 16.3 Å². The molecule has 0 aliphatic rings. The van der Waals surface area contributed by atoms with E-state index in [1.165, 1.54) is 0 Å². The van der Waals surface area contributed by atoms with Crippen LogP contribution >= 0.6 is 11.6 Å². The second kappa shape index (κ2) is 8.56. The van der Waals surface area contributed by atoms with Crippen molar-refractivity contribution in [2.24, 2.45) is 0 Å². The van der Waals surface area contributed by atoms with Crippen LogP contribution in [0.4, 0.5) is 0 Å². The molecule has 2 amide bonds. The molecule has 0 aliphatic heterocycles. The maximum Gasteiger partial charge on any atom is 0.279 e. The van der Waals surface area contributed by atoms with Crippen LogP contribution in [0.1, 0.15) is 12.5 Å². The molecule has 0 saturated heterocycles. The normalized spacial score (nSPS) is 11.6. The molecule has 1 atom stereocenters. The van der Waals surface area contributed by atoms with E-state index in [1.54, 1.807) is 31.2 Å². The third-order valence-electron chi connectivity index (χ3n) is 4.07. The Hall–Kier alpha value is -3.05. The number of ether oxygens (including phenoxy) is 1. The van der Waals surface area contributed by atoms with Gasteiger partial charge in [0.1, 0.15) is 5.75 Å². The van der Waals surface area contributed by atoms with E-state index in [2.05, 4.69) is 10.9 Å². The summed E-state index contributed by atoms with van der Waals surface area (Å²) in [6.45, 7) is 1.58. The molecule has 2 N–H and O–H groups in total. The predicted octanol–water partition coefficient (Wildman–Crippen LogP) is 3.65. The zero-order valence-corrected chi connectivity index (χ0v) is 15.5. The smallest absolute Gasteiger partial charge is 0.279 e. The molecule has 1 unspecified atom stereocenters. The first-order valence-electron chi connectivity index (χ1n) is 8.51. The third-order valence-corrected chi connectivity index (χ3v) is 4.38. The maximum atomic E-state index is 12.2. The average Bonchev–Trinajstić information content (AvgIpc) is 2.68. The molecule has 0 spiro atoms. The Kier molecular flexibility index (Phi) is 5.94. The molecule has 0 heterocycles. The van der Waals surface area contributed by atoms with Crippen molar-refractivity contribution in [3.05, 3.63) is 77.3 Å². The predicted molar refractivity (Wildman–Crippen MR) is 105 cm³/mol. The minimum atomic E-state index is -0.817. The van der Waals surface area contributed by atoms with Crippen LogP contribution in [-0.4, -0.2) is 17.9 Å². The summed E-state index contributed by atoms with van der Waals surface area (Å²) in [7, 11) is 0. The largest absolute Gasteiger partial charge is 0.479 e. The van der Waals surface area contributed by atoms with E-state index in [4.69, 9.17) is 16.3 Å². The van der Waals surface area contributed by atoms with Gasteiger partial charge < -0.3 is 4.74 Å². The molecular formula is C21H19ClN2O3. The van der Waals surface area contributed by atoms with Gasteiger partial charge in [-0.25, -0.2) is 0 Å². The van der Waals surface area contributed by atoms with Crippen molar-refractivity contribution in [1.29, 1.82) is 0 Å². The highest BCUT2D eigenvalue weighted by atomic mass is 35.5. The Morgan fingerprint density at radius 1 is 0.963 bits per heavy atom. The zero-order chi connectivity index (χ0) is 19.2. The quantitative estimate of drug-likeness (QED) is 0.662. The molecule has 3 aromatic rings. The first-order chi connectivity index (χ1) is 13.0. The number of carbonyl (C=O) groups is 2. The summed E-state index contributed by atoms with van der Waals surface area (Å²) in [5, 5.41) is 2.49. The number of para-hydroxylation sites is 1. The van der Waals surface area contributed by atoms with Crippen LogP contribution in [0, 0.1) is 0 Å². The van der Waals surface area contributed by atoms with E-state index in [9.17, 15) is 9.59 Å². The zero-order valence-electron chi connectivity index (χ0n) is 14.7. The molecule has 138 valence electrons. The number of hydrogen-bond acceptors (Lipinski definition) is 3. The lowest BCUT2D eigenvalue weighted by Crippen LogP contribution is -2.47. The molecule has 0 aliphatic carbocycles. The Labute approximate surface area is 162 Å². The van der Waals surface area contributed by atoms with Gasteiger partial charge in [0.2, 0.25) is 5.91 Å². The molecular weight excluding hydrogens is 364 g/mol. The Balaban J connectivity index is 1.55. The van der Waals surface area contributed by atoms with E-state index in [0.29, 0.717) is 10.8 Å². The molecule has 0 aromatic heterocycles. The van der Waals surface area contributed by atoms with Crippen molar-refractivity contribution in [3.8, 4) is 5.75 Å². The summed E-state index contributed by atoms with van der Waals surface area (Å²) in [5.41, 5.74) is 5.70. The van der Waals surface area contributed by atoms with Gasteiger partial charge in [-0.05, 0) is 35.4 Å². The fourth-order valence-electron chi connectivity index (χ4n) is 2.68. The number of carbonyl (C=O) groups excluding carboxylic acids is 2. The van der Waals surface area contributed by atoms with Gasteiger partial charge in [-0.2, -0.15) is 0 Å². The molecule has 27 heavy (non-hydrogen) atoms. The SMILES string of the molecule is CC(Oc1ccccc1Cl)C(=O)NNC(=O)Cc1cccc2ccccc12. The number of benzene rings is 3. The number of fused-ring (bicyclic) bond motifs is 1. The van der Waals surface area contributed by atoms with Crippen molar-refractivity contribution in [2.75, 3.05) is 0 Å². The molecule has 3 aromatic carbocycles. The summed E-state index contributed by atoms with van der Waals surface area (Å²) in [4.78, 5) is 24.3. The van der Waals surface area contributed by atoms with Crippen LogP contribution in [0.2, 0.25) is 5.02 Å². The lowest BCUT2D eigenvalue weighted by Gasteiger charge is -2.16. The minimum absolute atomic E-state index is 0.154. The molecule has 0 bridgehead atoms. The summed E-state index contributed by atoms with van der Waals surface area (Å²) < 4.78 is 5.52. The van der Waals surface area contributed by atoms with Crippen molar-refractivity contribution < 1.29 is 14.3 Å². The second-order valence-electron chi connectivity index (χ2n) is 6.04. The highest BCUT2D eigenvalue weighted by Crippen LogP contribution is 2.24. The number of hydrogen-bond donors (Lipinski definition) is 2. The van der Waals surface area contributed by atoms with Gasteiger partial charge in [-0.1, -0.05) is 66.2 Å². The van der Waals surface area contributed by atoms with Crippen LogP contribution in [0.3, 0.4) is 0 Å². The van der Waals surface area contributed by atoms with Crippen LogP contribution in [0.5, 0.6) is 5.75 Å². The van der Waals surface area contributed by atoms with Gasteiger partial charge in [-0.15, -0.1) is 0 Å². The standard InChI is InChI=1S/C21H19ClN2O3/c1-14(27-19-12-5-4-11-18(19)22)21(26)24-23-20(25)13-16-9-6-8-15-7-2-3-10-17(15)16/h2-12,14H,13H2,1H3,(H,23,25)(H,24,26). The third kappa shape index (κ3) is 4.77. The fourth-order valence-corrected chi connectivity index (χ4v) is 2.86. The number of amides is 2. The first kappa shape index (κ1) is 18.7. The van der Waals surface area contributed by atoms with Crippen molar-refractivity contribution in [2.45, 2.75) is 19.4 Å². The monoisotopic (exact) mass is 382 g/mol. The van der Waals surface area contributed by atoms with Crippen LogP contribution < -0.4 is 15.6 Å². The molecule has 6 heteroatoms. The molecule has 0 saturated carbocycles. The van der Waals surface area contributed by atoms with Gasteiger partial charge in [0.05, 0.1) is 11.4 Å². The molecule has 0 fully saturated rings. The highest BCUT2D eigenvalue weighted by Gasteiger charge is 2.17. The minimum Gasteiger partial charge on any atom is -0.479 e. The van der Waals surface area contributed by atoms with Gasteiger partial charge in [0.25, 0.3) is 5.91 Å². The van der Waals surface area contributed by atoms with Crippen LogP contribution in [-0.2, 0) is 16.0 Å². The van der Waals surface area contributed by atoms with Crippen LogP contribution in [0.25, 0.3) is 10.8 Å². The van der Waals surface area contributed by atoms with Gasteiger partial charge in [-0.3, -0.25) is 20.4 Å². The number of hydrazine groups is 1.